The molecule has 0 aromatic heterocycles. The van der Waals surface area contributed by atoms with Crippen molar-refractivity contribution in [1.29, 1.82) is 0 Å². The van der Waals surface area contributed by atoms with E-state index in [1.807, 2.05) is 0 Å². The fourth-order valence-corrected chi connectivity index (χ4v) is 2.00. The molecule has 0 fully saturated rings. The highest BCUT2D eigenvalue weighted by atomic mass is 79.9. The van der Waals surface area contributed by atoms with Crippen molar-refractivity contribution in [3.63, 3.8) is 0 Å². The number of amides is 1. The zero-order chi connectivity index (χ0) is 16.0. The third-order valence-corrected chi connectivity index (χ3v) is 3.02. The molecule has 0 aliphatic heterocycles. The fraction of sp³-hybridized carbons (Fsp3) is 0.286. The number of carbonyl (C=O) groups excluding carboxylic acids is 2. The first kappa shape index (κ1) is 17.3. The number of rotatable bonds is 5. The molecule has 7 heteroatoms. The molecule has 0 unspecified atom stereocenters. The van der Waals surface area contributed by atoms with E-state index in [1.165, 1.54) is 26.0 Å². The first-order valence-electron chi connectivity index (χ1n) is 6.07. The highest BCUT2D eigenvalue weighted by molar-refractivity contribution is 9.15. The predicted octanol–water partition coefficient (Wildman–Crippen LogP) is 3.58. The van der Waals surface area contributed by atoms with Gasteiger partial charge in [0.15, 0.2) is 0 Å². The molecule has 1 aromatic carbocycles. The number of anilines is 1. The average Bonchev–Trinajstić information content (AvgIpc) is 2.38. The summed E-state index contributed by atoms with van der Waals surface area (Å²) in [5.74, 6) is -5.55. The standard InChI is InChI=1S/C14H14BrF2NO3/c1-3-21-13(20)14(16,17)8-12(15)10-4-6-11(7-5-10)18-9(2)19/h4-8H,3H2,1-2H3,(H,18,19)/b12-8+. The lowest BCUT2D eigenvalue weighted by atomic mass is 10.1. The SMILES string of the molecule is CCOC(=O)C(F)(F)/C=C(/Br)c1ccc(NC(C)=O)cc1. The minimum Gasteiger partial charge on any atom is -0.461 e. The number of alkyl halides is 2. The smallest absolute Gasteiger partial charge is 0.381 e. The Bertz CT molecular complexity index is 556. The van der Waals surface area contributed by atoms with E-state index in [1.54, 1.807) is 12.1 Å². The summed E-state index contributed by atoms with van der Waals surface area (Å²) in [7, 11) is 0. The van der Waals surface area contributed by atoms with E-state index in [9.17, 15) is 18.4 Å². The van der Waals surface area contributed by atoms with Gasteiger partial charge in [0, 0.05) is 23.2 Å². The summed E-state index contributed by atoms with van der Waals surface area (Å²) in [4.78, 5) is 22.0. The van der Waals surface area contributed by atoms with Gasteiger partial charge in [0.2, 0.25) is 5.91 Å². The molecule has 0 spiro atoms. The lowest BCUT2D eigenvalue weighted by Gasteiger charge is -2.11. The molecule has 0 radical (unpaired) electrons. The number of ether oxygens (including phenoxy) is 1. The molecule has 0 saturated heterocycles. The van der Waals surface area contributed by atoms with Crippen molar-refractivity contribution >= 4 is 38.0 Å². The molecule has 114 valence electrons. The maximum atomic E-state index is 13.6. The van der Waals surface area contributed by atoms with Gasteiger partial charge in [-0.3, -0.25) is 4.79 Å². The second-order valence-electron chi connectivity index (χ2n) is 4.09. The van der Waals surface area contributed by atoms with E-state index in [-0.39, 0.29) is 17.0 Å². The number of benzene rings is 1. The Morgan fingerprint density at radius 2 is 1.90 bits per heavy atom. The maximum Gasteiger partial charge on any atom is 0.381 e. The Morgan fingerprint density at radius 1 is 1.33 bits per heavy atom. The van der Waals surface area contributed by atoms with Gasteiger partial charge in [-0.2, -0.15) is 8.78 Å². The molecule has 4 nitrogen and oxygen atoms in total. The average molecular weight is 362 g/mol. The van der Waals surface area contributed by atoms with Crippen LogP contribution in [0.2, 0.25) is 0 Å². The molecule has 1 aromatic rings. The Kier molecular flexibility index (Phi) is 6.02. The summed E-state index contributed by atoms with van der Waals surface area (Å²) < 4.78 is 31.5. The van der Waals surface area contributed by atoms with E-state index in [2.05, 4.69) is 26.0 Å². The quantitative estimate of drug-likeness (QED) is 0.815. The molecule has 0 aliphatic carbocycles. The van der Waals surface area contributed by atoms with Crippen LogP contribution in [-0.4, -0.2) is 24.4 Å². The van der Waals surface area contributed by atoms with E-state index in [0.717, 1.165) is 0 Å². The molecule has 1 amide bonds. The van der Waals surface area contributed by atoms with Crippen LogP contribution in [0.25, 0.3) is 4.48 Å². The van der Waals surface area contributed by atoms with Gasteiger partial charge in [-0.15, -0.1) is 0 Å². The van der Waals surface area contributed by atoms with E-state index < -0.39 is 11.9 Å². The Morgan fingerprint density at radius 3 is 2.38 bits per heavy atom. The topological polar surface area (TPSA) is 55.4 Å². The van der Waals surface area contributed by atoms with E-state index in [0.29, 0.717) is 17.3 Å². The van der Waals surface area contributed by atoms with Gasteiger partial charge in [0.25, 0.3) is 0 Å². The van der Waals surface area contributed by atoms with Crippen LogP contribution < -0.4 is 5.32 Å². The van der Waals surface area contributed by atoms with Crippen molar-refractivity contribution in [3.8, 4) is 0 Å². The number of carbonyl (C=O) groups is 2. The molecule has 0 heterocycles. The second kappa shape index (κ2) is 7.31. The van der Waals surface area contributed by atoms with E-state index >= 15 is 0 Å². The predicted molar refractivity (Wildman–Crippen MR) is 79.2 cm³/mol. The van der Waals surface area contributed by atoms with Gasteiger partial charge in [0.05, 0.1) is 6.61 Å². The number of halogens is 3. The first-order valence-corrected chi connectivity index (χ1v) is 6.87. The van der Waals surface area contributed by atoms with Crippen molar-refractivity contribution < 1.29 is 23.1 Å². The Hall–Kier alpha value is -1.76. The third-order valence-electron chi connectivity index (χ3n) is 2.34. The van der Waals surface area contributed by atoms with Crippen LogP contribution in [0.15, 0.2) is 30.3 Å². The summed E-state index contributed by atoms with van der Waals surface area (Å²) in [6.07, 6.45) is 0.485. The van der Waals surface area contributed by atoms with Crippen LogP contribution in [0.3, 0.4) is 0 Å². The van der Waals surface area contributed by atoms with Crippen molar-refractivity contribution in [3.05, 3.63) is 35.9 Å². The van der Waals surface area contributed by atoms with Crippen molar-refractivity contribution in [2.24, 2.45) is 0 Å². The lowest BCUT2D eigenvalue weighted by molar-refractivity contribution is -0.164. The largest absolute Gasteiger partial charge is 0.461 e. The van der Waals surface area contributed by atoms with Crippen LogP contribution in [0, 0.1) is 0 Å². The van der Waals surface area contributed by atoms with Crippen molar-refractivity contribution in [2.75, 3.05) is 11.9 Å². The third kappa shape index (κ3) is 5.26. The summed E-state index contributed by atoms with van der Waals surface area (Å²) in [5.41, 5.74) is 0.983. The summed E-state index contributed by atoms with van der Waals surface area (Å²) in [6.45, 7) is 2.70. The monoisotopic (exact) mass is 361 g/mol. The van der Waals surface area contributed by atoms with Gasteiger partial charge in [-0.05, 0) is 24.6 Å². The molecule has 0 atom stereocenters. The maximum absolute atomic E-state index is 13.6. The molecule has 21 heavy (non-hydrogen) atoms. The van der Waals surface area contributed by atoms with Crippen LogP contribution in [-0.2, 0) is 14.3 Å². The summed E-state index contributed by atoms with van der Waals surface area (Å²) in [5, 5.41) is 2.56. The molecule has 0 saturated carbocycles. The van der Waals surface area contributed by atoms with Crippen LogP contribution in [0.5, 0.6) is 0 Å². The molecule has 0 aliphatic rings. The fourth-order valence-electron chi connectivity index (χ4n) is 1.44. The normalized spacial score (nSPS) is 12.0. The molecule has 0 bridgehead atoms. The van der Waals surface area contributed by atoms with Crippen molar-refractivity contribution in [1.82, 2.24) is 0 Å². The van der Waals surface area contributed by atoms with Gasteiger partial charge >= 0.3 is 11.9 Å². The Labute approximate surface area is 129 Å². The van der Waals surface area contributed by atoms with Gasteiger partial charge in [-0.1, -0.05) is 28.1 Å². The summed E-state index contributed by atoms with van der Waals surface area (Å²) >= 11 is 3.00. The second-order valence-corrected chi connectivity index (χ2v) is 4.95. The van der Waals surface area contributed by atoms with Crippen LogP contribution in [0.1, 0.15) is 19.4 Å². The zero-order valence-corrected chi connectivity index (χ0v) is 13.0. The number of hydrogen-bond donors (Lipinski definition) is 1. The molecular formula is C14H14BrF2NO3. The van der Waals surface area contributed by atoms with Gasteiger partial charge < -0.3 is 10.1 Å². The number of nitrogens with one attached hydrogen (secondary N) is 1. The zero-order valence-electron chi connectivity index (χ0n) is 11.5. The Balaban J connectivity index is 2.91. The lowest BCUT2D eigenvalue weighted by Crippen LogP contribution is -2.28. The van der Waals surface area contributed by atoms with Crippen molar-refractivity contribution in [2.45, 2.75) is 19.8 Å². The minimum atomic E-state index is -3.72. The number of esters is 1. The highest BCUT2D eigenvalue weighted by Gasteiger charge is 2.38. The van der Waals surface area contributed by atoms with Gasteiger partial charge in [-0.25, -0.2) is 4.79 Å². The first-order chi connectivity index (χ1) is 9.76. The molecule has 1 rings (SSSR count). The van der Waals surface area contributed by atoms with E-state index in [4.69, 9.17) is 0 Å². The summed E-state index contributed by atoms with van der Waals surface area (Å²) in [6, 6.07) is 6.20. The molecular weight excluding hydrogens is 348 g/mol. The highest BCUT2D eigenvalue weighted by Crippen LogP contribution is 2.29. The van der Waals surface area contributed by atoms with Crippen LogP contribution >= 0.6 is 15.9 Å². The van der Waals surface area contributed by atoms with Crippen LogP contribution in [0.4, 0.5) is 14.5 Å². The minimum absolute atomic E-state index is 0.0509. The molecule has 1 N–H and O–H groups in total. The van der Waals surface area contributed by atoms with Gasteiger partial charge in [0.1, 0.15) is 0 Å². The number of hydrogen-bond acceptors (Lipinski definition) is 3.